The van der Waals surface area contributed by atoms with Crippen LogP contribution in [0.5, 0.6) is 0 Å². The second-order valence-electron chi connectivity index (χ2n) is 7.38. The summed E-state index contributed by atoms with van der Waals surface area (Å²) in [5, 5.41) is 1.05. The summed E-state index contributed by atoms with van der Waals surface area (Å²) in [6.07, 6.45) is 7.86. The van der Waals surface area contributed by atoms with Gasteiger partial charge >= 0.3 is 0 Å². The molecule has 0 amide bonds. The molecule has 144 valence electrons. The van der Waals surface area contributed by atoms with E-state index in [1.165, 1.54) is 0 Å². The number of H-pyrrole nitrogens is 1. The van der Waals surface area contributed by atoms with Gasteiger partial charge in [0.2, 0.25) is 0 Å². The van der Waals surface area contributed by atoms with E-state index in [2.05, 4.69) is 26.9 Å². The molecular weight excluding hydrogens is 350 g/mol. The third-order valence-corrected chi connectivity index (χ3v) is 7.15. The lowest BCUT2D eigenvalue weighted by Crippen LogP contribution is -2.31. The first kappa shape index (κ1) is 19.1. The molecule has 2 heterocycles. The summed E-state index contributed by atoms with van der Waals surface area (Å²) in [7, 11) is 1.18. The van der Waals surface area contributed by atoms with E-state index in [0.717, 1.165) is 49.1 Å². The highest BCUT2D eigenvalue weighted by molar-refractivity contribution is 7.92. The van der Waals surface area contributed by atoms with Crippen molar-refractivity contribution in [3.05, 3.63) is 18.6 Å². The van der Waals surface area contributed by atoms with Crippen molar-refractivity contribution in [1.82, 2.24) is 15.0 Å². The minimum absolute atomic E-state index is 0.354. The second kappa shape index (κ2) is 8.35. The third-order valence-electron chi connectivity index (χ3n) is 5.32. The van der Waals surface area contributed by atoms with Gasteiger partial charge in [-0.2, -0.15) is 0 Å². The minimum atomic E-state index is -2.50. The summed E-state index contributed by atoms with van der Waals surface area (Å²) in [5.41, 5.74) is 0.867. The number of anilines is 1. The summed E-state index contributed by atoms with van der Waals surface area (Å²) >= 11 is 0. The minimum Gasteiger partial charge on any atom is -0.384 e. The zero-order chi connectivity index (χ0) is 18.6. The zero-order valence-electron chi connectivity index (χ0n) is 15.6. The Morgan fingerprint density at radius 3 is 2.77 bits per heavy atom. The first-order valence-corrected chi connectivity index (χ1v) is 11.1. The lowest BCUT2D eigenvalue weighted by Gasteiger charge is -2.32. The van der Waals surface area contributed by atoms with Crippen LogP contribution in [-0.4, -0.2) is 58.0 Å². The predicted octanol–water partition coefficient (Wildman–Crippen LogP) is 2.89. The number of nitrogens with zero attached hydrogens (tertiary/aromatic N) is 3. The van der Waals surface area contributed by atoms with Gasteiger partial charge in [0, 0.05) is 42.4 Å². The molecule has 26 heavy (non-hydrogen) atoms. The first-order chi connectivity index (χ1) is 12.5. The van der Waals surface area contributed by atoms with E-state index in [0.29, 0.717) is 29.9 Å². The SMILES string of the molecule is COCCS(=N)(=O)CC1CCC(CN(C)c2ncnc3[nH]ccc23)CC1. The lowest BCUT2D eigenvalue weighted by atomic mass is 9.82. The standard InChI is InChI=1S/C18H29N5O2S/c1-23(18-16-7-8-20-17(16)21-13-22-18)11-14-3-5-15(6-4-14)12-26(19,24)10-9-25-2/h7-8,13-15,19H,3-6,9-12H2,1-2H3,(H,20,21,22). The average Bonchev–Trinajstić information content (AvgIpc) is 3.10. The number of ether oxygens (including phenoxy) is 1. The van der Waals surface area contributed by atoms with Crippen LogP contribution in [0.25, 0.3) is 11.0 Å². The number of rotatable bonds is 8. The van der Waals surface area contributed by atoms with Crippen LogP contribution >= 0.6 is 0 Å². The molecular formula is C18H29N5O2S. The molecule has 0 saturated heterocycles. The summed E-state index contributed by atoms with van der Waals surface area (Å²) in [5.74, 6) is 2.86. The van der Waals surface area contributed by atoms with E-state index in [1.807, 2.05) is 12.3 Å². The molecule has 1 saturated carbocycles. The fourth-order valence-corrected chi connectivity index (χ4v) is 5.60. The Hall–Kier alpha value is -1.67. The van der Waals surface area contributed by atoms with Crippen molar-refractivity contribution < 1.29 is 8.95 Å². The van der Waals surface area contributed by atoms with Gasteiger partial charge in [0.05, 0.1) is 17.7 Å². The number of nitrogens with one attached hydrogen (secondary N) is 2. The average molecular weight is 380 g/mol. The monoisotopic (exact) mass is 379 g/mol. The van der Waals surface area contributed by atoms with E-state index in [1.54, 1.807) is 13.4 Å². The van der Waals surface area contributed by atoms with E-state index in [4.69, 9.17) is 9.52 Å². The number of aromatic nitrogens is 3. The summed E-state index contributed by atoms with van der Waals surface area (Å²) in [6, 6.07) is 2.02. The van der Waals surface area contributed by atoms with Gasteiger partial charge in [0.15, 0.2) is 0 Å². The molecule has 7 nitrogen and oxygen atoms in total. The third kappa shape index (κ3) is 4.73. The van der Waals surface area contributed by atoms with Gasteiger partial charge < -0.3 is 14.6 Å². The van der Waals surface area contributed by atoms with Crippen molar-refractivity contribution in [2.45, 2.75) is 25.7 Å². The highest BCUT2D eigenvalue weighted by atomic mass is 32.2. The smallest absolute Gasteiger partial charge is 0.142 e. The number of hydrogen-bond donors (Lipinski definition) is 2. The van der Waals surface area contributed by atoms with Gasteiger partial charge in [-0.3, -0.25) is 4.78 Å². The van der Waals surface area contributed by atoms with E-state index in [9.17, 15) is 4.21 Å². The molecule has 1 fully saturated rings. The van der Waals surface area contributed by atoms with Crippen molar-refractivity contribution in [3.63, 3.8) is 0 Å². The topological polar surface area (TPSA) is 95.0 Å². The Morgan fingerprint density at radius 2 is 2.04 bits per heavy atom. The molecule has 1 unspecified atom stereocenters. The van der Waals surface area contributed by atoms with E-state index >= 15 is 0 Å². The van der Waals surface area contributed by atoms with Crippen molar-refractivity contribution in [3.8, 4) is 0 Å². The van der Waals surface area contributed by atoms with Gasteiger partial charge in [-0.15, -0.1) is 0 Å². The number of aromatic amines is 1. The van der Waals surface area contributed by atoms with E-state index in [-0.39, 0.29) is 0 Å². The maximum atomic E-state index is 12.3. The molecule has 1 aliphatic carbocycles. The highest BCUT2D eigenvalue weighted by Crippen LogP contribution is 2.31. The van der Waals surface area contributed by atoms with Crippen molar-refractivity contribution in [1.29, 1.82) is 4.78 Å². The molecule has 0 aliphatic heterocycles. The fraction of sp³-hybridized carbons (Fsp3) is 0.667. The quantitative estimate of drug-likeness (QED) is 0.735. The van der Waals surface area contributed by atoms with Crippen LogP contribution in [0, 0.1) is 16.6 Å². The largest absolute Gasteiger partial charge is 0.384 e. The van der Waals surface area contributed by atoms with Crippen LogP contribution in [0.3, 0.4) is 0 Å². The molecule has 0 bridgehead atoms. The van der Waals surface area contributed by atoms with Crippen molar-refractivity contribution >= 4 is 26.6 Å². The lowest BCUT2D eigenvalue weighted by molar-refractivity contribution is 0.217. The Labute approximate surface area is 155 Å². The van der Waals surface area contributed by atoms with Crippen LogP contribution in [0.4, 0.5) is 5.82 Å². The van der Waals surface area contributed by atoms with Crippen LogP contribution < -0.4 is 4.90 Å². The maximum absolute atomic E-state index is 12.3. The second-order valence-corrected chi connectivity index (χ2v) is 9.75. The van der Waals surface area contributed by atoms with Crippen LogP contribution in [0.1, 0.15) is 25.7 Å². The normalized spacial score (nSPS) is 23.0. The molecule has 0 spiro atoms. The van der Waals surface area contributed by atoms with Gasteiger partial charge in [-0.05, 0) is 43.6 Å². The maximum Gasteiger partial charge on any atom is 0.142 e. The first-order valence-electron chi connectivity index (χ1n) is 9.21. The summed E-state index contributed by atoms with van der Waals surface area (Å²) in [4.78, 5) is 14.1. The van der Waals surface area contributed by atoms with Gasteiger partial charge in [-0.1, -0.05) is 0 Å². The molecule has 0 aromatic carbocycles. The molecule has 2 aromatic heterocycles. The van der Waals surface area contributed by atoms with Crippen molar-refractivity contribution in [2.24, 2.45) is 11.8 Å². The van der Waals surface area contributed by atoms with Gasteiger partial charge in [0.1, 0.15) is 17.8 Å². The number of fused-ring (bicyclic) bond motifs is 1. The molecule has 3 rings (SSSR count). The Bertz CT molecular complexity index is 812. The Balaban J connectivity index is 1.52. The van der Waals surface area contributed by atoms with Crippen LogP contribution in [0.15, 0.2) is 18.6 Å². The molecule has 1 aliphatic rings. The highest BCUT2D eigenvalue weighted by Gasteiger charge is 2.25. The molecule has 8 heteroatoms. The Kier molecular flexibility index (Phi) is 6.13. The number of hydrogen-bond acceptors (Lipinski definition) is 6. The summed E-state index contributed by atoms with van der Waals surface area (Å²) < 4.78 is 25.3. The Morgan fingerprint density at radius 1 is 1.31 bits per heavy atom. The zero-order valence-corrected chi connectivity index (χ0v) is 16.4. The number of methoxy groups -OCH3 is 1. The van der Waals surface area contributed by atoms with Crippen molar-refractivity contribution in [2.75, 3.05) is 43.7 Å². The fourth-order valence-electron chi connectivity index (χ4n) is 3.90. The molecule has 1 atom stereocenters. The van der Waals surface area contributed by atoms with Crippen LogP contribution in [-0.2, 0) is 14.5 Å². The molecule has 2 N–H and O–H groups in total. The van der Waals surface area contributed by atoms with Gasteiger partial charge in [0.25, 0.3) is 0 Å². The molecule has 2 aromatic rings. The van der Waals surface area contributed by atoms with Crippen LogP contribution in [0.2, 0.25) is 0 Å². The summed E-state index contributed by atoms with van der Waals surface area (Å²) in [6.45, 7) is 1.37. The van der Waals surface area contributed by atoms with Gasteiger partial charge in [-0.25, -0.2) is 14.2 Å². The van der Waals surface area contributed by atoms with E-state index < -0.39 is 9.73 Å². The predicted molar refractivity (Wildman–Crippen MR) is 105 cm³/mol. The molecule has 0 radical (unpaired) electrons.